The van der Waals surface area contributed by atoms with Gasteiger partial charge in [-0.1, -0.05) is 31.5 Å². The Bertz CT molecular complexity index is 513. The molecule has 0 saturated carbocycles. The van der Waals surface area contributed by atoms with Gasteiger partial charge < -0.3 is 20.1 Å². The van der Waals surface area contributed by atoms with Crippen LogP contribution in [0, 0.1) is 0 Å². The summed E-state index contributed by atoms with van der Waals surface area (Å²) in [7, 11) is 0. The van der Waals surface area contributed by atoms with E-state index >= 15 is 0 Å². The van der Waals surface area contributed by atoms with Crippen LogP contribution < -0.4 is 5.32 Å². The number of hydrogen-bond donors (Lipinski definition) is 4. The van der Waals surface area contributed by atoms with E-state index in [-0.39, 0.29) is 13.2 Å². The van der Waals surface area contributed by atoms with Gasteiger partial charge in [0.1, 0.15) is 18.3 Å². The third kappa shape index (κ3) is 4.67. The average Bonchev–Trinajstić information content (AvgIpc) is 2.58. The molecule has 1 aromatic rings. The molecule has 7 nitrogen and oxygen atoms in total. The van der Waals surface area contributed by atoms with Crippen molar-refractivity contribution >= 4 is 11.8 Å². The highest BCUT2D eigenvalue weighted by atomic mass is 16.6. The zero-order valence-electron chi connectivity index (χ0n) is 13.8. The number of nitrogens with zero attached hydrogens (tertiary/aromatic N) is 1. The molecule has 1 aliphatic rings. The highest BCUT2D eigenvalue weighted by Gasteiger charge is 2.43. The number of aliphatic hydroxyl groups is 3. The van der Waals surface area contributed by atoms with E-state index in [1.165, 1.54) is 0 Å². The van der Waals surface area contributed by atoms with Gasteiger partial charge in [-0.3, -0.25) is 10.2 Å². The van der Waals surface area contributed by atoms with Gasteiger partial charge in [0.15, 0.2) is 0 Å². The molecule has 4 N–H and O–H groups in total. The van der Waals surface area contributed by atoms with Gasteiger partial charge in [0.25, 0.3) is 0 Å². The monoisotopic (exact) mass is 338 g/mol. The minimum atomic E-state index is -1.23. The fraction of sp³-hybridized carbons (Fsp3) is 0.588. The number of amides is 1. The molecule has 0 aromatic heterocycles. The molecule has 24 heavy (non-hydrogen) atoms. The molecule has 7 heteroatoms. The van der Waals surface area contributed by atoms with Crippen LogP contribution in [-0.4, -0.2) is 70.4 Å². The summed E-state index contributed by atoms with van der Waals surface area (Å²) in [5.41, 5.74) is 0.587. The minimum absolute atomic E-state index is 0.259. The number of likely N-dealkylation sites (tertiary alicyclic amines) is 1. The zero-order chi connectivity index (χ0) is 17.5. The average molecular weight is 338 g/mol. The Morgan fingerprint density at radius 1 is 1.29 bits per heavy atom. The molecule has 1 heterocycles. The van der Waals surface area contributed by atoms with E-state index in [1.807, 2.05) is 17.9 Å². The second-order valence-electron chi connectivity index (χ2n) is 6.01. The first-order chi connectivity index (χ1) is 11.6. The largest absolute Gasteiger partial charge is 0.442 e. The quantitative estimate of drug-likeness (QED) is 0.612. The molecule has 134 valence electrons. The Morgan fingerprint density at radius 3 is 2.62 bits per heavy atom. The molecule has 0 aliphatic carbocycles. The standard InChI is InChI=1S/C17H26N2O5/c1-2-3-9-19-10-14(16(22)15(21)13(19)11-20)24-17(23)18-12-7-5-4-6-8-12/h4-8,13-16,20-22H,2-3,9-11H2,1H3,(H,18,23)/t13-,14+,15-,16-/m1/s1. The predicted octanol–water partition coefficient (Wildman–Crippen LogP) is 0.802. The van der Waals surface area contributed by atoms with Gasteiger partial charge in [-0.15, -0.1) is 0 Å². The third-order valence-electron chi connectivity index (χ3n) is 4.27. The van der Waals surface area contributed by atoms with Crippen LogP contribution in [0.4, 0.5) is 10.5 Å². The Balaban J connectivity index is 1.98. The lowest BCUT2D eigenvalue weighted by molar-refractivity contribution is -0.144. The molecule has 0 spiro atoms. The Hall–Kier alpha value is -1.67. The molecule has 1 amide bonds. The lowest BCUT2D eigenvalue weighted by Gasteiger charge is -2.44. The minimum Gasteiger partial charge on any atom is -0.442 e. The van der Waals surface area contributed by atoms with E-state index in [4.69, 9.17) is 4.74 Å². The van der Waals surface area contributed by atoms with Crippen molar-refractivity contribution in [3.63, 3.8) is 0 Å². The van der Waals surface area contributed by atoms with Gasteiger partial charge in [0.2, 0.25) is 0 Å². The first-order valence-electron chi connectivity index (χ1n) is 8.30. The van der Waals surface area contributed by atoms with Gasteiger partial charge in [0, 0.05) is 12.2 Å². The normalized spacial score (nSPS) is 27.7. The molecular weight excluding hydrogens is 312 g/mol. The molecule has 0 unspecified atom stereocenters. The van der Waals surface area contributed by atoms with Crippen molar-refractivity contribution in [2.45, 2.75) is 44.1 Å². The van der Waals surface area contributed by atoms with Gasteiger partial charge in [0.05, 0.1) is 12.6 Å². The second-order valence-corrected chi connectivity index (χ2v) is 6.01. The summed E-state index contributed by atoms with van der Waals surface area (Å²) in [6.07, 6.45) is -2.09. The van der Waals surface area contributed by atoms with Crippen molar-refractivity contribution in [2.75, 3.05) is 25.0 Å². The summed E-state index contributed by atoms with van der Waals surface area (Å²) in [4.78, 5) is 13.9. The van der Waals surface area contributed by atoms with Gasteiger partial charge in [-0.2, -0.15) is 0 Å². The van der Waals surface area contributed by atoms with E-state index < -0.39 is 30.4 Å². The maximum atomic E-state index is 12.0. The van der Waals surface area contributed by atoms with Crippen molar-refractivity contribution in [2.24, 2.45) is 0 Å². The van der Waals surface area contributed by atoms with Crippen LogP contribution in [0.3, 0.4) is 0 Å². The van der Waals surface area contributed by atoms with Crippen molar-refractivity contribution < 1.29 is 24.9 Å². The SMILES string of the molecule is CCCCN1C[C@H](OC(=O)Nc2ccccc2)[C@@H](O)[C@H](O)[C@H]1CO. The summed E-state index contributed by atoms with van der Waals surface area (Å²) < 4.78 is 5.30. The molecule has 0 radical (unpaired) electrons. The number of unbranched alkanes of at least 4 members (excludes halogenated alkanes) is 1. The van der Waals surface area contributed by atoms with Crippen molar-refractivity contribution in [3.05, 3.63) is 30.3 Å². The number of para-hydroxylation sites is 1. The van der Waals surface area contributed by atoms with Crippen LogP contribution in [0.5, 0.6) is 0 Å². The molecule has 1 fully saturated rings. The number of rotatable bonds is 6. The highest BCUT2D eigenvalue weighted by molar-refractivity contribution is 5.84. The Morgan fingerprint density at radius 2 is 2.00 bits per heavy atom. The third-order valence-corrected chi connectivity index (χ3v) is 4.27. The first kappa shape index (κ1) is 18.7. The fourth-order valence-electron chi connectivity index (χ4n) is 2.89. The molecular formula is C17H26N2O5. The number of piperidine rings is 1. The van der Waals surface area contributed by atoms with Crippen LogP contribution in [0.1, 0.15) is 19.8 Å². The van der Waals surface area contributed by atoms with E-state index in [0.29, 0.717) is 12.2 Å². The van der Waals surface area contributed by atoms with E-state index in [0.717, 1.165) is 12.8 Å². The number of aliphatic hydroxyl groups excluding tert-OH is 3. The number of benzene rings is 1. The molecule has 2 rings (SSSR count). The molecule has 0 bridgehead atoms. The number of anilines is 1. The summed E-state index contributed by atoms with van der Waals surface area (Å²) in [6, 6.07) is 8.30. The van der Waals surface area contributed by atoms with Gasteiger partial charge in [-0.05, 0) is 25.1 Å². The molecule has 4 atom stereocenters. The Kier molecular flexibility index (Phi) is 6.99. The maximum Gasteiger partial charge on any atom is 0.412 e. The summed E-state index contributed by atoms with van der Waals surface area (Å²) >= 11 is 0. The van der Waals surface area contributed by atoms with Crippen LogP contribution >= 0.6 is 0 Å². The highest BCUT2D eigenvalue weighted by Crippen LogP contribution is 2.22. The van der Waals surface area contributed by atoms with Crippen LogP contribution in [0.15, 0.2) is 30.3 Å². The number of nitrogens with one attached hydrogen (secondary N) is 1. The van der Waals surface area contributed by atoms with E-state index in [1.54, 1.807) is 24.3 Å². The lowest BCUT2D eigenvalue weighted by atomic mass is 9.94. The smallest absolute Gasteiger partial charge is 0.412 e. The van der Waals surface area contributed by atoms with Gasteiger partial charge >= 0.3 is 6.09 Å². The van der Waals surface area contributed by atoms with Crippen molar-refractivity contribution in [3.8, 4) is 0 Å². The number of hydrogen-bond acceptors (Lipinski definition) is 6. The second kappa shape index (κ2) is 8.98. The van der Waals surface area contributed by atoms with E-state index in [2.05, 4.69) is 5.32 Å². The fourth-order valence-corrected chi connectivity index (χ4v) is 2.89. The Labute approximate surface area is 141 Å². The lowest BCUT2D eigenvalue weighted by Crippen LogP contribution is -2.63. The van der Waals surface area contributed by atoms with Crippen LogP contribution in [0.2, 0.25) is 0 Å². The van der Waals surface area contributed by atoms with E-state index in [9.17, 15) is 20.1 Å². The van der Waals surface area contributed by atoms with Crippen LogP contribution in [0.25, 0.3) is 0 Å². The zero-order valence-corrected chi connectivity index (χ0v) is 13.8. The summed E-state index contributed by atoms with van der Waals surface area (Å²) in [5, 5.41) is 32.5. The van der Waals surface area contributed by atoms with Crippen molar-refractivity contribution in [1.82, 2.24) is 4.90 Å². The number of ether oxygens (including phenoxy) is 1. The molecule has 1 aliphatic heterocycles. The maximum absolute atomic E-state index is 12.0. The van der Waals surface area contributed by atoms with Gasteiger partial charge in [-0.25, -0.2) is 4.79 Å². The van der Waals surface area contributed by atoms with Crippen molar-refractivity contribution in [1.29, 1.82) is 0 Å². The number of carbonyl (C=O) groups is 1. The first-order valence-corrected chi connectivity index (χ1v) is 8.30. The number of carbonyl (C=O) groups excluding carboxylic acids is 1. The van der Waals surface area contributed by atoms with Crippen LogP contribution in [-0.2, 0) is 4.74 Å². The summed E-state index contributed by atoms with van der Waals surface area (Å²) in [5.74, 6) is 0. The topological polar surface area (TPSA) is 102 Å². The predicted molar refractivity (Wildman–Crippen MR) is 89.7 cm³/mol. The molecule has 1 aromatic carbocycles. The summed E-state index contributed by atoms with van der Waals surface area (Å²) in [6.45, 7) is 2.71. The molecule has 1 saturated heterocycles.